The van der Waals surface area contributed by atoms with E-state index in [1.807, 2.05) is 13.8 Å². The number of rotatable bonds is 2. The monoisotopic (exact) mass is 268 g/mol. The molecule has 1 unspecified atom stereocenters. The minimum atomic E-state index is -1.44. The van der Waals surface area contributed by atoms with Gasteiger partial charge in [-0.05, 0) is 32.4 Å². The number of hydrogen-bond acceptors (Lipinski definition) is 5. The number of aliphatic hydroxyl groups is 1. The summed E-state index contributed by atoms with van der Waals surface area (Å²) < 4.78 is 16.8. The van der Waals surface area contributed by atoms with Crippen molar-refractivity contribution in [3.8, 4) is 0 Å². The van der Waals surface area contributed by atoms with Gasteiger partial charge in [0.05, 0.1) is 19.8 Å². The lowest BCUT2D eigenvalue weighted by Crippen LogP contribution is -2.55. The van der Waals surface area contributed by atoms with Gasteiger partial charge >= 0.3 is 0 Å². The van der Waals surface area contributed by atoms with Gasteiger partial charge in [-0.2, -0.15) is 0 Å². The Bertz CT molecular complexity index is 441. The van der Waals surface area contributed by atoms with Gasteiger partial charge < -0.3 is 19.3 Å². The molecule has 1 spiro atoms. The molecule has 0 aromatic carbocycles. The van der Waals surface area contributed by atoms with Crippen LogP contribution >= 0.6 is 0 Å². The molecule has 0 bridgehead atoms. The molecule has 3 atom stereocenters. The number of carbonyl (C=O) groups is 1. The minimum Gasteiger partial charge on any atom is -0.382 e. The van der Waals surface area contributed by atoms with Crippen LogP contribution < -0.4 is 0 Å². The standard InChI is InChI=1S/C14H20O5/c1-9-6-11(15)13(3,16)10(14(9)8-19-14)7-12(2)17-4-5-18-12/h6,10,16H,4-5,7-8H2,1-3H3/t10-,13+,14?/m0/s1. The van der Waals surface area contributed by atoms with Crippen LogP contribution in [0.2, 0.25) is 0 Å². The normalized spacial score (nSPS) is 44.5. The van der Waals surface area contributed by atoms with E-state index in [2.05, 4.69) is 0 Å². The number of epoxide rings is 1. The zero-order chi connectivity index (χ0) is 13.9. The van der Waals surface area contributed by atoms with Crippen LogP contribution in [0.5, 0.6) is 0 Å². The van der Waals surface area contributed by atoms with Gasteiger partial charge in [0.2, 0.25) is 0 Å². The van der Waals surface area contributed by atoms with Crippen LogP contribution in [0.15, 0.2) is 11.6 Å². The quantitative estimate of drug-likeness (QED) is 0.750. The van der Waals surface area contributed by atoms with Gasteiger partial charge in [-0.3, -0.25) is 4.79 Å². The molecule has 19 heavy (non-hydrogen) atoms. The van der Waals surface area contributed by atoms with Crippen molar-refractivity contribution in [2.24, 2.45) is 5.92 Å². The van der Waals surface area contributed by atoms with Gasteiger partial charge in [0, 0.05) is 12.3 Å². The number of carbonyl (C=O) groups excluding carboxylic acids is 1. The largest absolute Gasteiger partial charge is 0.382 e. The highest BCUT2D eigenvalue weighted by atomic mass is 16.7. The van der Waals surface area contributed by atoms with Crippen LogP contribution in [0.3, 0.4) is 0 Å². The highest BCUT2D eigenvalue weighted by Crippen LogP contribution is 2.53. The van der Waals surface area contributed by atoms with Crippen molar-refractivity contribution in [2.45, 2.75) is 44.2 Å². The van der Waals surface area contributed by atoms with E-state index in [-0.39, 0.29) is 11.7 Å². The van der Waals surface area contributed by atoms with Gasteiger partial charge in [-0.15, -0.1) is 0 Å². The summed E-state index contributed by atoms with van der Waals surface area (Å²) in [7, 11) is 0. The number of ketones is 1. The van der Waals surface area contributed by atoms with E-state index >= 15 is 0 Å². The van der Waals surface area contributed by atoms with Crippen molar-refractivity contribution in [2.75, 3.05) is 19.8 Å². The number of hydrogen-bond donors (Lipinski definition) is 1. The van der Waals surface area contributed by atoms with Crippen molar-refractivity contribution in [1.29, 1.82) is 0 Å². The van der Waals surface area contributed by atoms with Crippen molar-refractivity contribution in [3.63, 3.8) is 0 Å². The lowest BCUT2D eigenvalue weighted by Gasteiger charge is -2.42. The smallest absolute Gasteiger partial charge is 0.187 e. The Kier molecular flexibility index (Phi) is 2.71. The third-order valence-corrected chi connectivity index (χ3v) is 4.68. The molecular weight excluding hydrogens is 248 g/mol. The van der Waals surface area contributed by atoms with E-state index in [0.717, 1.165) is 5.57 Å². The predicted molar refractivity (Wildman–Crippen MR) is 66.5 cm³/mol. The molecule has 0 amide bonds. The molecule has 3 rings (SSSR count). The fourth-order valence-electron chi connectivity index (χ4n) is 3.28. The first-order chi connectivity index (χ1) is 8.80. The Hall–Kier alpha value is -0.750. The SMILES string of the molecule is CC1=CC(=O)[C@](C)(O)[C@H](CC2(C)OCCO2)C12CO2. The Balaban J connectivity index is 1.93. The molecular formula is C14H20O5. The fourth-order valence-corrected chi connectivity index (χ4v) is 3.28. The molecule has 5 nitrogen and oxygen atoms in total. The van der Waals surface area contributed by atoms with Gasteiger partial charge in [-0.25, -0.2) is 0 Å². The van der Waals surface area contributed by atoms with E-state index < -0.39 is 17.0 Å². The lowest BCUT2D eigenvalue weighted by molar-refractivity contribution is -0.180. The molecule has 106 valence electrons. The fraction of sp³-hybridized carbons (Fsp3) is 0.786. The summed E-state index contributed by atoms with van der Waals surface area (Å²) in [4.78, 5) is 12.1. The molecule has 2 aliphatic heterocycles. The van der Waals surface area contributed by atoms with Gasteiger partial charge in [0.25, 0.3) is 0 Å². The molecule has 3 aliphatic rings. The zero-order valence-electron chi connectivity index (χ0n) is 11.6. The second-order valence-corrected chi connectivity index (χ2v) is 6.10. The van der Waals surface area contributed by atoms with Crippen LogP contribution in [-0.2, 0) is 19.0 Å². The second-order valence-electron chi connectivity index (χ2n) is 6.10. The first-order valence-corrected chi connectivity index (χ1v) is 6.68. The molecule has 0 saturated carbocycles. The molecule has 1 N–H and O–H groups in total. The van der Waals surface area contributed by atoms with Crippen LogP contribution in [0, 0.1) is 5.92 Å². The van der Waals surface area contributed by atoms with E-state index in [1.165, 1.54) is 6.08 Å². The van der Waals surface area contributed by atoms with E-state index in [1.54, 1.807) is 6.92 Å². The summed E-state index contributed by atoms with van der Waals surface area (Å²) in [5.74, 6) is -1.36. The maximum atomic E-state index is 12.1. The van der Waals surface area contributed by atoms with Crippen LogP contribution in [-0.4, -0.2) is 47.7 Å². The summed E-state index contributed by atoms with van der Waals surface area (Å²) in [6, 6.07) is 0. The Labute approximate surface area is 112 Å². The molecule has 0 radical (unpaired) electrons. The van der Waals surface area contributed by atoms with Gasteiger partial charge in [-0.1, -0.05) is 0 Å². The highest BCUT2D eigenvalue weighted by Gasteiger charge is 2.64. The van der Waals surface area contributed by atoms with E-state index in [0.29, 0.717) is 26.2 Å². The second kappa shape index (κ2) is 3.88. The first-order valence-electron chi connectivity index (χ1n) is 6.68. The first kappa shape index (κ1) is 13.2. The summed E-state index contributed by atoms with van der Waals surface area (Å²) in [6.07, 6.45) is 1.94. The molecule has 2 saturated heterocycles. The van der Waals surface area contributed by atoms with Crippen molar-refractivity contribution in [1.82, 2.24) is 0 Å². The van der Waals surface area contributed by atoms with Crippen LogP contribution in [0.1, 0.15) is 27.2 Å². The van der Waals surface area contributed by atoms with Crippen molar-refractivity contribution in [3.05, 3.63) is 11.6 Å². The van der Waals surface area contributed by atoms with Crippen molar-refractivity contribution < 1.29 is 24.1 Å². The topological polar surface area (TPSA) is 68.3 Å². The molecule has 1 aliphatic carbocycles. The lowest BCUT2D eigenvalue weighted by atomic mass is 9.67. The van der Waals surface area contributed by atoms with Gasteiger partial charge in [0.15, 0.2) is 11.6 Å². The van der Waals surface area contributed by atoms with E-state index in [9.17, 15) is 9.90 Å². The summed E-state index contributed by atoms with van der Waals surface area (Å²) >= 11 is 0. The molecule has 2 fully saturated rings. The maximum absolute atomic E-state index is 12.1. The Morgan fingerprint density at radius 2 is 1.89 bits per heavy atom. The van der Waals surface area contributed by atoms with Gasteiger partial charge in [0.1, 0.15) is 11.2 Å². The zero-order valence-corrected chi connectivity index (χ0v) is 11.6. The number of ether oxygens (including phenoxy) is 3. The summed E-state index contributed by atoms with van der Waals surface area (Å²) in [5, 5.41) is 10.6. The molecule has 0 aromatic heterocycles. The molecule has 5 heteroatoms. The average molecular weight is 268 g/mol. The molecule has 2 heterocycles. The minimum absolute atomic E-state index is 0.266. The predicted octanol–water partition coefficient (Wildman–Crippen LogP) is 0.805. The van der Waals surface area contributed by atoms with Crippen molar-refractivity contribution >= 4 is 5.78 Å². The molecule has 0 aromatic rings. The van der Waals surface area contributed by atoms with E-state index in [4.69, 9.17) is 14.2 Å². The Morgan fingerprint density at radius 3 is 2.42 bits per heavy atom. The highest BCUT2D eigenvalue weighted by molar-refractivity contribution is 5.99. The van der Waals surface area contributed by atoms with Crippen LogP contribution in [0.4, 0.5) is 0 Å². The Morgan fingerprint density at radius 1 is 1.32 bits per heavy atom. The summed E-state index contributed by atoms with van der Waals surface area (Å²) in [6.45, 7) is 6.92. The third kappa shape index (κ3) is 1.88. The third-order valence-electron chi connectivity index (χ3n) is 4.68. The maximum Gasteiger partial charge on any atom is 0.187 e. The average Bonchev–Trinajstić information content (AvgIpc) is 3.02. The van der Waals surface area contributed by atoms with Crippen LogP contribution in [0.25, 0.3) is 0 Å². The summed E-state index contributed by atoms with van der Waals surface area (Å²) in [5.41, 5.74) is -1.07.